The van der Waals surface area contributed by atoms with Gasteiger partial charge in [0.15, 0.2) is 8.32 Å². The van der Waals surface area contributed by atoms with E-state index in [0.717, 1.165) is 18.4 Å². The van der Waals surface area contributed by atoms with Gasteiger partial charge in [-0.25, -0.2) is 9.59 Å². The monoisotopic (exact) mass is 494 g/mol. The van der Waals surface area contributed by atoms with Crippen LogP contribution in [-0.2, 0) is 20.5 Å². The van der Waals surface area contributed by atoms with E-state index in [4.69, 9.17) is 13.9 Å². The highest BCUT2D eigenvalue weighted by Crippen LogP contribution is 2.36. The predicted molar refractivity (Wildman–Crippen MR) is 139 cm³/mol. The van der Waals surface area contributed by atoms with Crippen LogP contribution < -0.4 is 5.32 Å². The number of rotatable bonds is 11. The molecule has 2 amide bonds. The van der Waals surface area contributed by atoms with Gasteiger partial charge in [0, 0.05) is 25.7 Å². The van der Waals surface area contributed by atoms with Crippen molar-refractivity contribution in [2.75, 3.05) is 19.7 Å². The third-order valence-corrected chi connectivity index (χ3v) is 10.4. The number of alkyl carbamates (subject to hydrolysis) is 1. The normalized spacial score (nSPS) is 13.2. The molecule has 7 nitrogen and oxygen atoms in total. The maximum atomic E-state index is 12.8. The number of hydrogen-bond donors (Lipinski definition) is 1. The lowest BCUT2D eigenvalue weighted by Gasteiger charge is -2.36. The van der Waals surface area contributed by atoms with Crippen molar-refractivity contribution in [2.45, 2.75) is 97.7 Å². The molecule has 0 spiro atoms. The van der Waals surface area contributed by atoms with Gasteiger partial charge in [-0.2, -0.15) is 0 Å². The van der Waals surface area contributed by atoms with Gasteiger partial charge in [-0.3, -0.25) is 0 Å². The number of amides is 2. The van der Waals surface area contributed by atoms with E-state index in [2.05, 4.69) is 39.2 Å². The molecule has 0 aliphatic heterocycles. The molecule has 0 bridgehead atoms. The van der Waals surface area contributed by atoms with Crippen molar-refractivity contribution in [3.8, 4) is 0 Å². The Morgan fingerprint density at radius 3 is 2.21 bits per heavy atom. The largest absolute Gasteiger partial charge is 0.445 e. The Morgan fingerprint density at radius 1 is 1.03 bits per heavy atom. The minimum absolute atomic E-state index is 0.172. The molecule has 0 saturated heterocycles. The average Bonchev–Trinajstić information content (AvgIpc) is 2.69. The first kappa shape index (κ1) is 30.0. The van der Waals surface area contributed by atoms with Gasteiger partial charge in [0.2, 0.25) is 0 Å². The summed E-state index contributed by atoms with van der Waals surface area (Å²) >= 11 is 0. The molecule has 0 heterocycles. The summed E-state index contributed by atoms with van der Waals surface area (Å²) in [6.45, 7) is 20.3. The minimum Gasteiger partial charge on any atom is -0.445 e. The summed E-state index contributed by atoms with van der Waals surface area (Å²) in [5, 5.41) is 2.98. The number of nitrogens with one attached hydrogen (secondary N) is 1. The number of benzene rings is 1. The highest BCUT2D eigenvalue weighted by molar-refractivity contribution is 6.74. The average molecular weight is 495 g/mol. The van der Waals surface area contributed by atoms with Crippen LogP contribution in [0.1, 0.15) is 66.9 Å². The number of hydrogen-bond acceptors (Lipinski definition) is 5. The summed E-state index contributed by atoms with van der Waals surface area (Å²) in [4.78, 5) is 26.6. The van der Waals surface area contributed by atoms with Crippen molar-refractivity contribution in [3.63, 3.8) is 0 Å². The molecule has 1 aromatic rings. The van der Waals surface area contributed by atoms with Gasteiger partial charge in [-0.05, 0) is 64.2 Å². The van der Waals surface area contributed by atoms with Crippen LogP contribution in [0.5, 0.6) is 0 Å². The molecule has 1 rings (SSSR count). The smallest absolute Gasteiger partial charge is 0.410 e. The molecule has 34 heavy (non-hydrogen) atoms. The first-order valence-electron chi connectivity index (χ1n) is 12.2. The molecule has 1 N–H and O–H groups in total. The Bertz CT molecular complexity index is 757. The zero-order valence-electron chi connectivity index (χ0n) is 22.7. The Morgan fingerprint density at radius 2 is 1.65 bits per heavy atom. The number of unbranched alkanes of at least 4 members (excludes halogenated alkanes) is 1. The van der Waals surface area contributed by atoms with Crippen molar-refractivity contribution in [1.29, 1.82) is 0 Å². The van der Waals surface area contributed by atoms with E-state index >= 15 is 0 Å². The van der Waals surface area contributed by atoms with Gasteiger partial charge in [0.1, 0.15) is 12.2 Å². The van der Waals surface area contributed by atoms with Crippen LogP contribution in [0, 0.1) is 0 Å². The van der Waals surface area contributed by atoms with Gasteiger partial charge in [-0.1, -0.05) is 51.1 Å². The zero-order chi connectivity index (χ0) is 26.0. The minimum atomic E-state index is -1.78. The van der Waals surface area contributed by atoms with E-state index in [0.29, 0.717) is 19.7 Å². The topological polar surface area (TPSA) is 77.1 Å². The summed E-state index contributed by atoms with van der Waals surface area (Å²) in [5.74, 6) is 0. The molecule has 194 valence electrons. The second-order valence-electron chi connectivity index (χ2n) is 11.3. The maximum absolute atomic E-state index is 12.8. The second-order valence-corrected chi connectivity index (χ2v) is 16.2. The molecule has 0 aliphatic carbocycles. The lowest BCUT2D eigenvalue weighted by molar-refractivity contribution is 0.0227. The van der Waals surface area contributed by atoms with Crippen molar-refractivity contribution < 1.29 is 23.5 Å². The van der Waals surface area contributed by atoms with Crippen LogP contribution in [0.2, 0.25) is 18.1 Å². The molecule has 0 saturated carbocycles. The van der Waals surface area contributed by atoms with Crippen molar-refractivity contribution in [1.82, 2.24) is 10.2 Å². The Hall–Kier alpha value is -2.06. The summed E-state index contributed by atoms with van der Waals surface area (Å²) in [5.41, 5.74) is 0.326. The fourth-order valence-electron chi connectivity index (χ4n) is 2.87. The van der Waals surface area contributed by atoms with Crippen LogP contribution >= 0.6 is 0 Å². The maximum Gasteiger partial charge on any atom is 0.410 e. The van der Waals surface area contributed by atoms with Gasteiger partial charge in [0.05, 0.1) is 0 Å². The van der Waals surface area contributed by atoms with E-state index in [9.17, 15) is 9.59 Å². The lowest BCUT2D eigenvalue weighted by atomic mass is 10.2. The van der Waals surface area contributed by atoms with Crippen LogP contribution in [0.25, 0.3) is 0 Å². The number of carbonyl (C=O) groups is 2. The summed E-state index contributed by atoms with van der Waals surface area (Å²) < 4.78 is 17.1. The highest BCUT2D eigenvalue weighted by Gasteiger charge is 2.36. The number of carbonyl (C=O) groups excluding carboxylic acids is 2. The molecule has 1 unspecified atom stereocenters. The van der Waals surface area contributed by atoms with E-state index < -0.39 is 20.0 Å². The molecular formula is C26H46N2O5Si. The molecule has 1 aromatic carbocycles. The van der Waals surface area contributed by atoms with E-state index in [1.54, 1.807) is 4.90 Å². The van der Waals surface area contributed by atoms with Gasteiger partial charge in [-0.15, -0.1) is 0 Å². The molecule has 0 aliphatic rings. The number of nitrogens with zero attached hydrogens (tertiary/aromatic N) is 1. The fraction of sp³-hybridized carbons (Fsp3) is 0.692. The number of ether oxygens (including phenoxy) is 2. The standard InChI is InChI=1S/C26H46N2O5Si/c1-21(27-23(29)31-20-22-15-11-10-12-16-22)19-28(24(30)33-25(2,3)4)17-13-14-18-32-34(8,9)26(5,6)7/h10-12,15-16,21H,13-14,17-20H2,1-9H3,(H,27,29). The third-order valence-electron chi connectivity index (χ3n) is 5.81. The summed E-state index contributed by atoms with van der Waals surface area (Å²) in [7, 11) is -1.78. The molecule has 0 radical (unpaired) electrons. The van der Waals surface area contributed by atoms with E-state index in [1.807, 2.05) is 58.0 Å². The van der Waals surface area contributed by atoms with Crippen molar-refractivity contribution in [3.05, 3.63) is 35.9 Å². The zero-order valence-corrected chi connectivity index (χ0v) is 23.7. The van der Waals surface area contributed by atoms with Crippen LogP contribution in [0.3, 0.4) is 0 Å². The molecule has 1 atom stereocenters. The molecular weight excluding hydrogens is 448 g/mol. The second kappa shape index (κ2) is 13.1. The lowest BCUT2D eigenvalue weighted by Crippen LogP contribution is -2.46. The van der Waals surface area contributed by atoms with Crippen LogP contribution in [0.4, 0.5) is 9.59 Å². The van der Waals surface area contributed by atoms with Gasteiger partial charge < -0.3 is 24.1 Å². The Labute approximate surface area is 207 Å². The van der Waals surface area contributed by atoms with Crippen LogP contribution in [0.15, 0.2) is 30.3 Å². The van der Waals surface area contributed by atoms with Crippen molar-refractivity contribution >= 4 is 20.5 Å². The first-order valence-corrected chi connectivity index (χ1v) is 15.1. The van der Waals surface area contributed by atoms with E-state index in [1.165, 1.54) is 0 Å². The fourth-order valence-corrected chi connectivity index (χ4v) is 3.96. The first-order chi connectivity index (χ1) is 15.6. The van der Waals surface area contributed by atoms with Gasteiger partial charge >= 0.3 is 12.2 Å². The Kier molecular flexibility index (Phi) is 11.6. The quantitative estimate of drug-likeness (QED) is 0.287. The predicted octanol–water partition coefficient (Wildman–Crippen LogP) is 6.34. The SMILES string of the molecule is CC(CN(CCCCO[Si](C)(C)C(C)(C)C)C(=O)OC(C)(C)C)NC(=O)OCc1ccccc1. The summed E-state index contributed by atoms with van der Waals surface area (Å²) in [6, 6.07) is 9.21. The highest BCUT2D eigenvalue weighted by atomic mass is 28.4. The summed E-state index contributed by atoms with van der Waals surface area (Å²) in [6.07, 6.45) is 0.749. The third kappa shape index (κ3) is 11.9. The Balaban J connectivity index is 2.57. The van der Waals surface area contributed by atoms with Crippen LogP contribution in [-0.4, -0.2) is 56.7 Å². The van der Waals surface area contributed by atoms with E-state index in [-0.39, 0.29) is 23.8 Å². The molecule has 8 heteroatoms. The van der Waals surface area contributed by atoms with Gasteiger partial charge in [0.25, 0.3) is 0 Å². The molecule has 0 aromatic heterocycles. The molecule has 0 fully saturated rings. The van der Waals surface area contributed by atoms with Crippen molar-refractivity contribution in [2.24, 2.45) is 0 Å².